The fourth-order valence-electron chi connectivity index (χ4n) is 2.24. The molecule has 6 heteroatoms. The van der Waals surface area contributed by atoms with E-state index in [4.69, 9.17) is 4.74 Å². The summed E-state index contributed by atoms with van der Waals surface area (Å²) in [5.74, 6) is 0.107. The molecule has 116 valence electrons. The van der Waals surface area contributed by atoms with Crippen LogP contribution in [0.2, 0.25) is 0 Å². The molecule has 0 aliphatic carbocycles. The normalized spacial score (nSPS) is 18.8. The summed E-state index contributed by atoms with van der Waals surface area (Å²) in [6.07, 6.45) is 1.56. The topological polar surface area (TPSA) is 46.6 Å². The van der Waals surface area contributed by atoms with Crippen LogP contribution in [0.5, 0.6) is 0 Å². The average molecular weight is 327 g/mol. The van der Waals surface area contributed by atoms with Crippen molar-refractivity contribution in [2.45, 2.75) is 49.5 Å². The van der Waals surface area contributed by atoms with E-state index in [0.717, 1.165) is 10.6 Å². The van der Waals surface area contributed by atoms with Gasteiger partial charge in [0, 0.05) is 6.54 Å². The molecule has 1 amide bonds. The Morgan fingerprint density at radius 1 is 1.48 bits per heavy atom. The van der Waals surface area contributed by atoms with Gasteiger partial charge < -0.3 is 9.64 Å². The first-order chi connectivity index (χ1) is 9.87. The number of carbonyl (C=O) groups is 2. The highest BCUT2D eigenvalue weighted by atomic mass is 32.2. The molecule has 0 radical (unpaired) electrons. The fraction of sp³-hybridized carbons (Fsp3) is 0.600. The molecule has 1 aliphatic rings. The van der Waals surface area contributed by atoms with Gasteiger partial charge in [-0.15, -0.1) is 23.1 Å². The Balaban J connectivity index is 1.91. The highest BCUT2D eigenvalue weighted by Crippen LogP contribution is 2.26. The second kappa shape index (κ2) is 6.83. The minimum absolute atomic E-state index is 0.0155. The van der Waals surface area contributed by atoms with Crippen molar-refractivity contribution < 1.29 is 14.3 Å². The number of thiophene rings is 1. The SMILES string of the molecule is CC(C)(C)OC(=O)[C@H]1CCCN1C(=O)CSc1cccs1. The highest BCUT2D eigenvalue weighted by Gasteiger charge is 2.36. The first kappa shape index (κ1) is 16.4. The number of esters is 1. The third kappa shape index (κ3) is 4.74. The third-order valence-electron chi connectivity index (χ3n) is 3.08. The van der Waals surface area contributed by atoms with Crippen molar-refractivity contribution in [1.29, 1.82) is 0 Å². The van der Waals surface area contributed by atoms with Gasteiger partial charge in [0.15, 0.2) is 0 Å². The number of carbonyl (C=O) groups excluding carboxylic acids is 2. The van der Waals surface area contributed by atoms with Gasteiger partial charge in [0.25, 0.3) is 0 Å². The van der Waals surface area contributed by atoms with Crippen LogP contribution in [-0.4, -0.2) is 40.7 Å². The zero-order valence-electron chi connectivity index (χ0n) is 12.6. The molecule has 0 saturated carbocycles. The van der Waals surface area contributed by atoms with E-state index in [1.165, 1.54) is 11.8 Å². The Morgan fingerprint density at radius 3 is 2.86 bits per heavy atom. The van der Waals surface area contributed by atoms with Crippen molar-refractivity contribution in [2.24, 2.45) is 0 Å². The molecular weight excluding hydrogens is 306 g/mol. The summed E-state index contributed by atoms with van der Waals surface area (Å²) in [6.45, 7) is 6.18. The van der Waals surface area contributed by atoms with E-state index < -0.39 is 11.6 Å². The van der Waals surface area contributed by atoms with Gasteiger partial charge >= 0.3 is 5.97 Å². The van der Waals surface area contributed by atoms with Crippen molar-refractivity contribution in [3.8, 4) is 0 Å². The van der Waals surface area contributed by atoms with Gasteiger partial charge in [-0.3, -0.25) is 4.79 Å². The maximum atomic E-state index is 12.3. The largest absolute Gasteiger partial charge is 0.458 e. The first-order valence-electron chi connectivity index (χ1n) is 7.05. The lowest BCUT2D eigenvalue weighted by atomic mass is 10.1. The predicted molar refractivity (Wildman–Crippen MR) is 85.6 cm³/mol. The van der Waals surface area contributed by atoms with Gasteiger partial charge in [0.05, 0.1) is 9.96 Å². The molecule has 0 spiro atoms. The van der Waals surface area contributed by atoms with Crippen molar-refractivity contribution in [2.75, 3.05) is 12.3 Å². The van der Waals surface area contributed by atoms with Crippen molar-refractivity contribution in [3.63, 3.8) is 0 Å². The molecule has 1 saturated heterocycles. The lowest BCUT2D eigenvalue weighted by molar-refractivity contribution is -0.162. The van der Waals surface area contributed by atoms with Crippen LogP contribution in [-0.2, 0) is 14.3 Å². The summed E-state index contributed by atoms with van der Waals surface area (Å²) < 4.78 is 6.54. The summed E-state index contributed by atoms with van der Waals surface area (Å²) in [4.78, 5) is 26.2. The molecule has 0 aromatic carbocycles. The summed E-state index contributed by atoms with van der Waals surface area (Å²) in [7, 11) is 0. The van der Waals surface area contributed by atoms with E-state index in [-0.39, 0.29) is 11.9 Å². The molecule has 1 aromatic heterocycles. The van der Waals surface area contributed by atoms with E-state index >= 15 is 0 Å². The Hall–Kier alpha value is -1.01. The van der Waals surface area contributed by atoms with Crippen molar-refractivity contribution >= 4 is 35.0 Å². The fourth-order valence-corrected chi connectivity index (χ4v) is 3.91. The summed E-state index contributed by atoms with van der Waals surface area (Å²) in [5, 5.41) is 1.99. The Bertz CT molecular complexity index is 494. The van der Waals surface area contributed by atoms with Gasteiger partial charge in [-0.25, -0.2) is 4.79 Å². The highest BCUT2D eigenvalue weighted by molar-refractivity contribution is 8.01. The van der Waals surface area contributed by atoms with Crippen molar-refractivity contribution in [3.05, 3.63) is 17.5 Å². The van der Waals surface area contributed by atoms with Gasteiger partial charge in [-0.05, 0) is 45.1 Å². The lowest BCUT2D eigenvalue weighted by Crippen LogP contribution is -2.44. The second-order valence-corrected chi connectivity index (χ2v) is 8.22. The number of likely N-dealkylation sites (tertiary alicyclic amines) is 1. The number of nitrogens with zero attached hydrogens (tertiary/aromatic N) is 1. The van der Waals surface area contributed by atoms with Crippen LogP contribution in [0.4, 0.5) is 0 Å². The van der Waals surface area contributed by atoms with Crippen LogP contribution < -0.4 is 0 Å². The molecule has 2 rings (SSSR count). The summed E-state index contributed by atoms with van der Waals surface area (Å²) >= 11 is 3.15. The summed E-state index contributed by atoms with van der Waals surface area (Å²) in [6, 6.07) is 3.55. The van der Waals surface area contributed by atoms with E-state index in [9.17, 15) is 9.59 Å². The van der Waals surface area contributed by atoms with Gasteiger partial charge in [-0.2, -0.15) is 0 Å². The molecule has 0 N–H and O–H groups in total. The number of amides is 1. The van der Waals surface area contributed by atoms with E-state index in [1.807, 2.05) is 38.3 Å². The van der Waals surface area contributed by atoms with Crippen molar-refractivity contribution in [1.82, 2.24) is 4.90 Å². The standard InChI is InChI=1S/C15H21NO3S2/c1-15(2,3)19-14(18)11-6-4-8-16(11)12(17)10-21-13-7-5-9-20-13/h5,7,9,11H,4,6,8,10H2,1-3H3/t11-/m1/s1. The monoisotopic (exact) mass is 327 g/mol. The van der Waals surface area contributed by atoms with Gasteiger partial charge in [0.1, 0.15) is 11.6 Å². The number of hydrogen-bond acceptors (Lipinski definition) is 5. The number of thioether (sulfide) groups is 1. The second-order valence-electron chi connectivity index (χ2n) is 6.00. The minimum atomic E-state index is -0.514. The van der Waals surface area contributed by atoms with Crippen LogP contribution in [0.25, 0.3) is 0 Å². The zero-order chi connectivity index (χ0) is 15.5. The molecule has 1 aromatic rings. The maximum Gasteiger partial charge on any atom is 0.329 e. The average Bonchev–Trinajstić information content (AvgIpc) is 3.05. The first-order valence-corrected chi connectivity index (χ1v) is 8.92. The quantitative estimate of drug-likeness (QED) is 0.629. The molecule has 4 nitrogen and oxygen atoms in total. The lowest BCUT2D eigenvalue weighted by Gasteiger charge is -2.27. The molecule has 1 aliphatic heterocycles. The van der Waals surface area contributed by atoms with Gasteiger partial charge in [0.2, 0.25) is 5.91 Å². The minimum Gasteiger partial charge on any atom is -0.458 e. The number of rotatable bonds is 4. The molecule has 0 bridgehead atoms. The number of hydrogen-bond donors (Lipinski definition) is 0. The predicted octanol–water partition coefficient (Wildman–Crippen LogP) is 3.17. The maximum absolute atomic E-state index is 12.3. The molecule has 0 unspecified atom stereocenters. The van der Waals surface area contributed by atoms with Crippen LogP contribution in [0, 0.1) is 0 Å². The Kier molecular flexibility index (Phi) is 5.32. The van der Waals surface area contributed by atoms with Crippen LogP contribution in [0.3, 0.4) is 0 Å². The van der Waals surface area contributed by atoms with E-state index in [1.54, 1.807) is 16.2 Å². The van der Waals surface area contributed by atoms with E-state index in [2.05, 4.69) is 0 Å². The Morgan fingerprint density at radius 2 is 2.24 bits per heavy atom. The smallest absolute Gasteiger partial charge is 0.329 e. The third-order valence-corrected chi connectivity index (χ3v) is 5.20. The van der Waals surface area contributed by atoms with Crippen LogP contribution in [0.15, 0.2) is 21.7 Å². The van der Waals surface area contributed by atoms with Crippen LogP contribution in [0.1, 0.15) is 33.6 Å². The number of ether oxygens (including phenoxy) is 1. The Labute approximate surface area is 133 Å². The molecule has 1 atom stereocenters. The molecular formula is C15H21NO3S2. The molecule has 1 fully saturated rings. The summed E-state index contributed by atoms with van der Waals surface area (Å²) in [5.41, 5.74) is -0.514. The van der Waals surface area contributed by atoms with E-state index in [0.29, 0.717) is 18.7 Å². The van der Waals surface area contributed by atoms with Gasteiger partial charge in [-0.1, -0.05) is 6.07 Å². The zero-order valence-corrected chi connectivity index (χ0v) is 14.3. The molecule has 2 heterocycles. The van der Waals surface area contributed by atoms with Crippen LogP contribution >= 0.6 is 23.1 Å². The molecule has 21 heavy (non-hydrogen) atoms.